The Kier molecular flexibility index (Phi) is 5.86. The summed E-state index contributed by atoms with van der Waals surface area (Å²) in [6.07, 6.45) is 4.93. The zero-order valence-electron chi connectivity index (χ0n) is 12.0. The summed E-state index contributed by atoms with van der Waals surface area (Å²) in [4.78, 5) is 6.85. The standard InChI is InChI=1S/C15H25N3/c1-6-10-18(12(3)4)13-8-9-15(17-11-13)14(7-2)16-5/h6,8-9,11-12,14,16H,1,7,10H2,2-5H3. The van der Waals surface area contributed by atoms with E-state index in [9.17, 15) is 0 Å². The Morgan fingerprint density at radius 2 is 2.17 bits per heavy atom. The molecule has 0 fully saturated rings. The third kappa shape index (κ3) is 3.57. The van der Waals surface area contributed by atoms with E-state index in [1.54, 1.807) is 0 Å². The highest BCUT2D eigenvalue weighted by atomic mass is 15.2. The molecule has 0 radical (unpaired) electrons. The minimum absolute atomic E-state index is 0.339. The van der Waals surface area contributed by atoms with Gasteiger partial charge in [-0.15, -0.1) is 6.58 Å². The number of rotatable bonds is 7. The quantitative estimate of drug-likeness (QED) is 0.750. The molecule has 1 unspecified atom stereocenters. The number of nitrogens with one attached hydrogen (secondary N) is 1. The largest absolute Gasteiger partial charge is 0.364 e. The first kappa shape index (κ1) is 14.7. The van der Waals surface area contributed by atoms with E-state index in [4.69, 9.17) is 0 Å². The van der Waals surface area contributed by atoms with E-state index in [0.29, 0.717) is 12.1 Å². The second kappa shape index (κ2) is 7.17. The Balaban J connectivity index is 2.89. The lowest BCUT2D eigenvalue weighted by atomic mass is 10.1. The van der Waals surface area contributed by atoms with Gasteiger partial charge < -0.3 is 10.2 Å². The Hall–Kier alpha value is -1.35. The maximum Gasteiger partial charge on any atom is 0.0574 e. The molecule has 1 N–H and O–H groups in total. The van der Waals surface area contributed by atoms with Crippen LogP contribution in [-0.2, 0) is 0 Å². The van der Waals surface area contributed by atoms with Crippen molar-refractivity contribution in [2.45, 2.75) is 39.3 Å². The number of aromatic nitrogens is 1. The van der Waals surface area contributed by atoms with Gasteiger partial charge in [-0.2, -0.15) is 0 Å². The van der Waals surface area contributed by atoms with Crippen molar-refractivity contribution in [3.63, 3.8) is 0 Å². The van der Waals surface area contributed by atoms with Gasteiger partial charge in [-0.25, -0.2) is 0 Å². The first-order valence-electron chi connectivity index (χ1n) is 6.64. The van der Waals surface area contributed by atoms with Crippen molar-refractivity contribution in [3.8, 4) is 0 Å². The van der Waals surface area contributed by atoms with Crippen LogP contribution in [0.4, 0.5) is 5.69 Å². The van der Waals surface area contributed by atoms with Gasteiger partial charge in [0.2, 0.25) is 0 Å². The average molecular weight is 247 g/mol. The molecule has 100 valence electrons. The summed E-state index contributed by atoms with van der Waals surface area (Å²) in [6, 6.07) is 5.04. The van der Waals surface area contributed by atoms with Crippen molar-refractivity contribution < 1.29 is 0 Å². The summed E-state index contributed by atoms with van der Waals surface area (Å²) in [7, 11) is 1.97. The molecule has 0 saturated carbocycles. The second-order valence-electron chi connectivity index (χ2n) is 4.73. The minimum atomic E-state index is 0.339. The van der Waals surface area contributed by atoms with Gasteiger partial charge in [-0.3, -0.25) is 4.98 Å². The number of hydrogen-bond acceptors (Lipinski definition) is 3. The Morgan fingerprint density at radius 3 is 2.56 bits per heavy atom. The number of hydrogen-bond donors (Lipinski definition) is 1. The first-order chi connectivity index (χ1) is 8.63. The Labute approximate surface area is 111 Å². The van der Waals surface area contributed by atoms with Gasteiger partial charge in [0.15, 0.2) is 0 Å². The Bertz CT molecular complexity index is 353. The fourth-order valence-electron chi connectivity index (χ4n) is 2.09. The molecule has 1 aromatic rings. The molecule has 3 nitrogen and oxygen atoms in total. The van der Waals surface area contributed by atoms with E-state index < -0.39 is 0 Å². The van der Waals surface area contributed by atoms with Crippen LogP contribution < -0.4 is 10.2 Å². The number of pyridine rings is 1. The van der Waals surface area contributed by atoms with Gasteiger partial charge in [0.05, 0.1) is 17.6 Å². The molecule has 0 spiro atoms. The SMILES string of the molecule is C=CCN(c1ccc(C(CC)NC)nc1)C(C)C. The van der Waals surface area contributed by atoms with Crippen molar-refractivity contribution >= 4 is 5.69 Å². The van der Waals surface area contributed by atoms with E-state index >= 15 is 0 Å². The molecular weight excluding hydrogens is 222 g/mol. The third-order valence-electron chi connectivity index (χ3n) is 3.17. The molecular formula is C15H25N3. The fourth-order valence-corrected chi connectivity index (χ4v) is 2.09. The lowest BCUT2D eigenvalue weighted by Crippen LogP contribution is -2.31. The highest BCUT2D eigenvalue weighted by Gasteiger charge is 2.11. The summed E-state index contributed by atoms with van der Waals surface area (Å²) in [5, 5.41) is 3.27. The lowest BCUT2D eigenvalue weighted by molar-refractivity contribution is 0.561. The van der Waals surface area contributed by atoms with Crippen LogP contribution in [0.25, 0.3) is 0 Å². The molecule has 0 saturated heterocycles. The molecule has 1 rings (SSSR count). The maximum atomic E-state index is 4.57. The van der Waals surface area contributed by atoms with Crippen molar-refractivity contribution in [2.75, 3.05) is 18.5 Å². The third-order valence-corrected chi connectivity index (χ3v) is 3.17. The smallest absolute Gasteiger partial charge is 0.0574 e. The second-order valence-corrected chi connectivity index (χ2v) is 4.73. The van der Waals surface area contributed by atoms with Crippen LogP contribution in [0.15, 0.2) is 31.0 Å². The lowest BCUT2D eigenvalue weighted by Gasteiger charge is -2.27. The fraction of sp³-hybridized carbons (Fsp3) is 0.533. The molecule has 0 aromatic carbocycles. The summed E-state index contributed by atoms with van der Waals surface area (Å²) >= 11 is 0. The van der Waals surface area contributed by atoms with E-state index in [2.05, 4.69) is 54.7 Å². The predicted octanol–water partition coefficient (Wildman–Crippen LogP) is 3.15. The molecule has 0 aliphatic heterocycles. The monoisotopic (exact) mass is 247 g/mol. The van der Waals surface area contributed by atoms with Crippen molar-refractivity contribution in [1.82, 2.24) is 10.3 Å². The molecule has 0 bridgehead atoms. The van der Waals surface area contributed by atoms with Gasteiger partial charge >= 0.3 is 0 Å². The summed E-state index contributed by atoms with van der Waals surface area (Å²) in [5.41, 5.74) is 2.26. The highest BCUT2D eigenvalue weighted by Crippen LogP contribution is 2.19. The summed E-state index contributed by atoms with van der Waals surface area (Å²) < 4.78 is 0. The highest BCUT2D eigenvalue weighted by molar-refractivity contribution is 5.46. The van der Waals surface area contributed by atoms with Gasteiger partial charge in [-0.05, 0) is 39.4 Å². The number of anilines is 1. The van der Waals surface area contributed by atoms with Gasteiger partial charge in [0.1, 0.15) is 0 Å². The summed E-state index contributed by atoms with van der Waals surface area (Å²) in [5.74, 6) is 0. The topological polar surface area (TPSA) is 28.2 Å². The van der Waals surface area contributed by atoms with E-state index in [0.717, 1.165) is 24.3 Å². The van der Waals surface area contributed by atoms with Crippen LogP contribution in [0, 0.1) is 0 Å². The van der Waals surface area contributed by atoms with Crippen LogP contribution in [-0.4, -0.2) is 24.6 Å². The normalized spacial score (nSPS) is 12.5. The van der Waals surface area contributed by atoms with E-state index in [1.165, 1.54) is 0 Å². The zero-order chi connectivity index (χ0) is 13.5. The van der Waals surface area contributed by atoms with Gasteiger partial charge in [0.25, 0.3) is 0 Å². The van der Waals surface area contributed by atoms with Crippen molar-refractivity contribution in [1.29, 1.82) is 0 Å². The number of nitrogens with zero attached hydrogens (tertiary/aromatic N) is 2. The van der Waals surface area contributed by atoms with E-state index in [1.807, 2.05) is 19.3 Å². The van der Waals surface area contributed by atoms with E-state index in [-0.39, 0.29) is 0 Å². The minimum Gasteiger partial charge on any atom is -0.364 e. The molecule has 0 amide bonds. The van der Waals surface area contributed by atoms with Crippen LogP contribution in [0.5, 0.6) is 0 Å². The van der Waals surface area contributed by atoms with Gasteiger partial charge in [-0.1, -0.05) is 13.0 Å². The van der Waals surface area contributed by atoms with Crippen molar-refractivity contribution in [3.05, 3.63) is 36.7 Å². The molecule has 0 aliphatic carbocycles. The molecule has 1 aromatic heterocycles. The van der Waals surface area contributed by atoms with Crippen LogP contribution in [0.2, 0.25) is 0 Å². The summed E-state index contributed by atoms with van der Waals surface area (Å²) in [6.45, 7) is 11.2. The molecule has 18 heavy (non-hydrogen) atoms. The van der Waals surface area contributed by atoms with Crippen LogP contribution >= 0.6 is 0 Å². The van der Waals surface area contributed by atoms with Crippen molar-refractivity contribution in [2.24, 2.45) is 0 Å². The first-order valence-corrected chi connectivity index (χ1v) is 6.64. The molecule has 3 heteroatoms. The zero-order valence-corrected chi connectivity index (χ0v) is 12.0. The molecule has 1 heterocycles. The predicted molar refractivity (Wildman–Crippen MR) is 79.0 cm³/mol. The maximum absolute atomic E-state index is 4.57. The Morgan fingerprint density at radius 1 is 1.44 bits per heavy atom. The van der Waals surface area contributed by atoms with Crippen LogP contribution in [0.3, 0.4) is 0 Å². The molecule has 0 aliphatic rings. The molecule has 1 atom stereocenters. The van der Waals surface area contributed by atoms with Crippen LogP contribution in [0.1, 0.15) is 38.9 Å². The average Bonchev–Trinajstić information content (AvgIpc) is 2.38. The van der Waals surface area contributed by atoms with Gasteiger partial charge in [0, 0.05) is 18.6 Å².